The van der Waals surface area contributed by atoms with Crippen LogP contribution in [0.4, 0.5) is 4.79 Å². The average Bonchev–Trinajstić information content (AvgIpc) is 2.60. The van der Waals surface area contributed by atoms with Gasteiger partial charge in [-0.3, -0.25) is 4.98 Å². The predicted molar refractivity (Wildman–Crippen MR) is 99.4 cm³/mol. The van der Waals surface area contributed by atoms with Gasteiger partial charge < -0.3 is 20.6 Å². The Bertz CT molecular complexity index is 501. The Labute approximate surface area is 151 Å². The van der Waals surface area contributed by atoms with Gasteiger partial charge in [0.25, 0.3) is 0 Å². The molecule has 0 aromatic carbocycles. The van der Waals surface area contributed by atoms with Crippen molar-refractivity contribution in [2.45, 2.75) is 38.1 Å². The number of nitrogens with one attached hydrogen (secondary N) is 2. The van der Waals surface area contributed by atoms with Crippen LogP contribution >= 0.6 is 0 Å². The molecule has 0 bridgehead atoms. The van der Waals surface area contributed by atoms with E-state index in [0.29, 0.717) is 13.0 Å². The number of carbonyl (C=O) groups excluding carboxylic acids is 1. The van der Waals surface area contributed by atoms with Crippen LogP contribution in [0.1, 0.15) is 31.4 Å². The van der Waals surface area contributed by atoms with E-state index in [0.717, 1.165) is 31.0 Å². The zero-order valence-electron chi connectivity index (χ0n) is 15.4. The Morgan fingerprint density at radius 1 is 1.32 bits per heavy atom. The molecule has 1 fully saturated rings. The second-order valence-electron chi connectivity index (χ2n) is 7.41. The lowest BCUT2D eigenvalue weighted by Crippen LogP contribution is -2.45. The van der Waals surface area contributed by atoms with Crippen LogP contribution in [-0.2, 0) is 6.42 Å². The summed E-state index contributed by atoms with van der Waals surface area (Å²) >= 11 is 0. The molecule has 0 spiro atoms. The molecular formula is C19H32N4O2. The summed E-state index contributed by atoms with van der Waals surface area (Å²) in [5, 5.41) is 15.5. The van der Waals surface area contributed by atoms with Gasteiger partial charge in [0.1, 0.15) is 0 Å². The van der Waals surface area contributed by atoms with E-state index in [1.807, 2.05) is 18.2 Å². The lowest BCUT2D eigenvalue weighted by atomic mass is 9.86. The van der Waals surface area contributed by atoms with Crippen molar-refractivity contribution in [1.82, 2.24) is 20.5 Å². The second kappa shape index (κ2) is 10.4. The largest absolute Gasteiger partial charge is 0.396 e. The normalized spacial score (nSPS) is 21.8. The minimum absolute atomic E-state index is 0.0172. The third-order valence-corrected chi connectivity index (χ3v) is 4.84. The number of pyridine rings is 1. The number of hydrogen-bond acceptors (Lipinski definition) is 4. The van der Waals surface area contributed by atoms with Crippen molar-refractivity contribution in [2.75, 3.05) is 33.8 Å². The fourth-order valence-electron chi connectivity index (χ4n) is 3.50. The summed E-state index contributed by atoms with van der Waals surface area (Å²) in [7, 11) is 4.22. The molecule has 1 unspecified atom stereocenters. The highest BCUT2D eigenvalue weighted by Crippen LogP contribution is 2.24. The molecule has 0 radical (unpaired) electrons. The number of nitrogens with zero attached hydrogens (tertiary/aromatic N) is 2. The van der Waals surface area contributed by atoms with Gasteiger partial charge in [0.2, 0.25) is 0 Å². The average molecular weight is 348 g/mol. The lowest BCUT2D eigenvalue weighted by Gasteiger charge is -2.30. The maximum atomic E-state index is 12.1. The molecule has 1 aliphatic rings. The van der Waals surface area contributed by atoms with E-state index in [-0.39, 0.29) is 24.6 Å². The fourth-order valence-corrected chi connectivity index (χ4v) is 3.50. The lowest BCUT2D eigenvalue weighted by molar-refractivity contribution is 0.204. The molecule has 1 saturated carbocycles. The van der Waals surface area contributed by atoms with Crippen LogP contribution in [0.2, 0.25) is 0 Å². The molecule has 140 valence electrons. The van der Waals surface area contributed by atoms with Crippen LogP contribution in [0, 0.1) is 11.8 Å². The number of rotatable bonds is 8. The van der Waals surface area contributed by atoms with Crippen LogP contribution in [0.15, 0.2) is 24.4 Å². The number of hydrogen-bond donors (Lipinski definition) is 3. The summed E-state index contributed by atoms with van der Waals surface area (Å²) in [4.78, 5) is 18.6. The zero-order valence-corrected chi connectivity index (χ0v) is 15.4. The van der Waals surface area contributed by atoms with Gasteiger partial charge in [-0.2, -0.15) is 0 Å². The van der Waals surface area contributed by atoms with Crippen LogP contribution in [-0.4, -0.2) is 60.9 Å². The van der Waals surface area contributed by atoms with Crippen molar-refractivity contribution < 1.29 is 9.90 Å². The standard InChI is InChI=1S/C19H32N4O2/c1-23(2)13-15-6-8-17(9-7-15)22-19(25)21-12-16(14-24)11-18-5-3-4-10-20-18/h3-5,10,15-17,24H,6-9,11-14H2,1-2H3,(H2,21,22,25). The van der Waals surface area contributed by atoms with E-state index >= 15 is 0 Å². The fraction of sp³-hybridized carbons (Fsp3) is 0.684. The highest BCUT2D eigenvalue weighted by molar-refractivity contribution is 5.74. The Morgan fingerprint density at radius 2 is 2.08 bits per heavy atom. The monoisotopic (exact) mass is 348 g/mol. The van der Waals surface area contributed by atoms with Crippen LogP contribution in [0.5, 0.6) is 0 Å². The first-order valence-corrected chi connectivity index (χ1v) is 9.26. The van der Waals surface area contributed by atoms with E-state index < -0.39 is 0 Å². The third-order valence-electron chi connectivity index (χ3n) is 4.84. The van der Waals surface area contributed by atoms with Crippen molar-refractivity contribution in [2.24, 2.45) is 11.8 Å². The van der Waals surface area contributed by atoms with Gasteiger partial charge in [-0.1, -0.05) is 6.07 Å². The minimum Gasteiger partial charge on any atom is -0.396 e. The molecule has 1 heterocycles. The molecule has 1 aromatic rings. The molecular weight excluding hydrogens is 316 g/mol. The number of amides is 2. The molecule has 1 aromatic heterocycles. The molecule has 0 saturated heterocycles. The van der Waals surface area contributed by atoms with Crippen molar-refractivity contribution in [3.63, 3.8) is 0 Å². The molecule has 25 heavy (non-hydrogen) atoms. The Morgan fingerprint density at radius 3 is 2.68 bits per heavy atom. The number of carbonyl (C=O) groups is 1. The van der Waals surface area contributed by atoms with E-state index in [4.69, 9.17) is 0 Å². The van der Waals surface area contributed by atoms with Gasteiger partial charge >= 0.3 is 6.03 Å². The first-order valence-electron chi connectivity index (χ1n) is 9.26. The highest BCUT2D eigenvalue weighted by Gasteiger charge is 2.23. The summed E-state index contributed by atoms with van der Waals surface area (Å²) in [6.07, 6.45) is 6.83. The number of aliphatic hydroxyl groups excluding tert-OH is 1. The molecule has 0 aliphatic heterocycles. The van der Waals surface area contributed by atoms with E-state index in [9.17, 15) is 9.90 Å². The molecule has 2 amide bonds. The van der Waals surface area contributed by atoms with Gasteiger partial charge in [0, 0.05) is 43.5 Å². The summed E-state index contributed by atoms with van der Waals surface area (Å²) in [6, 6.07) is 5.88. The van der Waals surface area contributed by atoms with Gasteiger partial charge in [0.15, 0.2) is 0 Å². The summed E-state index contributed by atoms with van der Waals surface area (Å²) in [5.41, 5.74) is 0.933. The van der Waals surface area contributed by atoms with Gasteiger partial charge in [-0.15, -0.1) is 0 Å². The first kappa shape index (κ1) is 19.7. The minimum atomic E-state index is -0.129. The van der Waals surface area contributed by atoms with Crippen molar-refractivity contribution in [3.05, 3.63) is 30.1 Å². The summed E-state index contributed by atoms with van der Waals surface area (Å²) in [5.74, 6) is 0.727. The van der Waals surface area contributed by atoms with Crippen molar-refractivity contribution >= 4 is 6.03 Å². The highest BCUT2D eigenvalue weighted by atomic mass is 16.3. The molecule has 6 heteroatoms. The topological polar surface area (TPSA) is 77.5 Å². The smallest absolute Gasteiger partial charge is 0.315 e. The van der Waals surface area contributed by atoms with Crippen molar-refractivity contribution in [1.29, 1.82) is 0 Å². The molecule has 6 nitrogen and oxygen atoms in total. The van der Waals surface area contributed by atoms with Crippen LogP contribution in [0.3, 0.4) is 0 Å². The number of aliphatic hydroxyl groups is 1. The molecule has 3 N–H and O–H groups in total. The van der Waals surface area contributed by atoms with Gasteiger partial charge in [-0.25, -0.2) is 4.79 Å². The third kappa shape index (κ3) is 7.40. The van der Waals surface area contributed by atoms with Crippen molar-refractivity contribution in [3.8, 4) is 0 Å². The maximum Gasteiger partial charge on any atom is 0.315 e. The summed E-state index contributed by atoms with van der Waals surface area (Å²) in [6.45, 7) is 1.62. The zero-order chi connectivity index (χ0) is 18.1. The Hall–Kier alpha value is -1.66. The Balaban J connectivity index is 1.66. The molecule has 2 rings (SSSR count). The maximum absolute atomic E-state index is 12.1. The second-order valence-corrected chi connectivity index (χ2v) is 7.41. The quantitative estimate of drug-likeness (QED) is 0.668. The van der Waals surface area contributed by atoms with E-state index in [2.05, 4.69) is 34.6 Å². The molecule has 1 atom stereocenters. The predicted octanol–water partition coefficient (Wildman–Crippen LogP) is 1.65. The van der Waals surface area contributed by atoms with Gasteiger partial charge in [-0.05, 0) is 64.3 Å². The van der Waals surface area contributed by atoms with Crippen LogP contribution in [0.25, 0.3) is 0 Å². The SMILES string of the molecule is CN(C)CC1CCC(NC(=O)NCC(CO)Cc2ccccn2)CC1. The summed E-state index contributed by atoms with van der Waals surface area (Å²) < 4.78 is 0. The van der Waals surface area contributed by atoms with E-state index in [1.165, 1.54) is 12.8 Å². The molecule has 1 aliphatic carbocycles. The van der Waals surface area contributed by atoms with Crippen LogP contribution < -0.4 is 10.6 Å². The first-order chi connectivity index (χ1) is 12.1. The Kier molecular flexibility index (Phi) is 8.15. The number of urea groups is 1. The number of aromatic nitrogens is 1. The van der Waals surface area contributed by atoms with E-state index in [1.54, 1.807) is 6.20 Å². The van der Waals surface area contributed by atoms with Gasteiger partial charge in [0.05, 0.1) is 0 Å².